The quantitative estimate of drug-likeness (QED) is 0.274. The number of halogens is 1. The summed E-state index contributed by atoms with van der Waals surface area (Å²) in [5, 5.41) is 6.29. The standard InChI is InChI=1S/C29H36IN7O4S/c1-31-42(39,40)26-9-5-4-8-24(26)33-27-22(30)19-32-29(35-27)34-23-11-10-20(18-25(23)41-2)28(38)37-16-12-21(13-17-37)36-14-6-3-7-15-36/h4-5,8-11,18-19,21,31H,3,6-7,12-17H2,1-2H3,(H2,32,33,34,35). The summed E-state index contributed by atoms with van der Waals surface area (Å²) in [7, 11) is -0.757. The first-order valence-electron chi connectivity index (χ1n) is 14.1. The predicted molar refractivity (Wildman–Crippen MR) is 171 cm³/mol. The van der Waals surface area contributed by atoms with E-state index >= 15 is 0 Å². The molecule has 1 aromatic heterocycles. The van der Waals surface area contributed by atoms with Crippen LogP contribution in [-0.2, 0) is 10.0 Å². The van der Waals surface area contributed by atoms with Crippen LogP contribution in [0.25, 0.3) is 0 Å². The molecular weight excluding hydrogens is 669 g/mol. The van der Waals surface area contributed by atoms with Crippen molar-refractivity contribution in [1.29, 1.82) is 0 Å². The third kappa shape index (κ3) is 6.96. The summed E-state index contributed by atoms with van der Waals surface area (Å²) < 4.78 is 33.7. The summed E-state index contributed by atoms with van der Waals surface area (Å²) in [6.45, 7) is 3.87. The Labute approximate surface area is 260 Å². The molecule has 2 aromatic carbocycles. The Kier molecular flexibility index (Phi) is 9.81. The molecule has 2 fully saturated rings. The van der Waals surface area contributed by atoms with Crippen molar-refractivity contribution in [2.75, 3.05) is 51.0 Å². The predicted octanol–water partition coefficient (Wildman–Crippen LogP) is 4.58. The molecule has 224 valence electrons. The van der Waals surface area contributed by atoms with E-state index in [0.29, 0.717) is 38.1 Å². The third-order valence-electron chi connectivity index (χ3n) is 7.80. The molecule has 2 saturated heterocycles. The number of anilines is 4. The highest BCUT2D eigenvalue weighted by Gasteiger charge is 2.28. The number of nitrogens with zero attached hydrogens (tertiary/aromatic N) is 4. The number of ether oxygens (including phenoxy) is 1. The minimum atomic E-state index is -3.68. The summed E-state index contributed by atoms with van der Waals surface area (Å²) in [6.07, 6.45) is 7.53. The van der Waals surface area contributed by atoms with Crippen LogP contribution in [0.4, 0.5) is 23.1 Å². The highest BCUT2D eigenvalue weighted by molar-refractivity contribution is 14.1. The van der Waals surface area contributed by atoms with Gasteiger partial charge in [0.15, 0.2) is 0 Å². The number of rotatable bonds is 9. The zero-order valence-electron chi connectivity index (χ0n) is 23.8. The van der Waals surface area contributed by atoms with Gasteiger partial charge in [-0.05, 0) is 98.7 Å². The van der Waals surface area contributed by atoms with Crippen LogP contribution in [-0.4, -0.2) is 80.5 Å². The number of benzene rings is 2. The van der Waals surface area contributed by atoms with Crippen molar-refractivity contribution < 1.29 is 17.9 Å². The average molecular weight is 706 g/mol. The van der Waals surface area contributed by atoms with E-state index in [0.717, 1.165) is 25.9 Å². The molecular formula is C29H36IN7O4S. The van der Waals surface area contributed by atoms with Crippen molar-refractivity contribution in [3.05, 3.63) is 57.8 Å². The number of sulfonamides is 1. The van der Waals surface area contributed by atoms with Crippen molar-refractivity contribution in [2.24, 2.45) is 0 Å². The largest absolute Gasteiger partial charge is 0.495 e. The van der Waals surface area contributed by atoms with Gasteiger partial charge in [0.25, 0.3) is 5.91 Å². The second-order valence-electron chi connectivity index (χ2n) is 10.4. The van der Waals surface area contributed by atoms with Crippen LogP contribution in [0.15, 0.2) is 53.6 Å². The van der Waals surface area contributed by atoms with Crippen LogP contribution in [0.2, 0.25) is 0 Å². The Morgan fingerprint density at radius 2 is 1.74 bits per heavy atom. The highest BCUT2D eigenvalue weighted by Crippen LogP contribution is 2.31. The lowest BCUT2D eigenvalue weighted by atomic mass is 9.99. The molecule has 0 saturated carbocycles. The van der Waals surface area contributed by atoms with Gasteiger partial charge in [-0.2, -0.15) is 4.98 Å². The molecule has 42 heavy (non-hydrogen) atoms. The van der Waals surface area contributed by atoms with E-state index in [1.54, 1.807) is 49.7 Å². The molecule has 3 aromatic rings. The van der Waals surface area contributed by atoms with Gasteiger partial charge in [-0.3, -0.25) is 4.79 Å². The molecule has 11 nitrogen and oxygen atoms in total. The van der Waals surface area contributed by atoms with Gasteiger partial charge in [0.05, 0.1) is 22.1 Å². The van der Waals surface area contributed by atoms with Crippen molar-refractivity contribution in [3.8, 4) is 5.75 Å². The smallest absolute Gasteiger partial charge is 0.253 e. The van der Waals surface area contributed by atoms with E-state index in [4.69, 9.17) is 4.74 Å². The molecule has 0 spiro atoms. The number of aromatic nitrogens is 2. The van der Waals surface area contributed by atoms with Gasteiger partial charge in [-0.1, -0.05) is 18.6 Å². The fourth-order valence-electron chi connectivity index (χ4n) is 5.50. The zero-order chi connectivity index (χ0) is 29.7. The zero-order valence-corrected chi connectivity index (χ0v) is 26.7. The van der Waals surface area contributed by atoms with E-state index in [-0.39, 0.29) is 16.8 Å². The lowest BCUT2D eigenvalue weighted by molar-refractivity contribution is 0.0589. The Morgan fingerprint density at radius 3 is 2.45 bits per heavy atom. The number of hydrogen-bond acceptors (Lipinski definition) is 9. The SMILES string of the molecule is CNS(=O)(=O)c1ccccc1Nc1nc(Nc2ccc(C(=O)N3CCC(N4CCCCC4)CC3)cc2OC)ncc1I. The fraction of sp³-hybridized carbons (Fsp3) is 0.414. The topological polar surface area (TPSA) is 129 Å². The summed E-state index contributed by atoms with van der Waals surface area (Å²) >= 11 is 2.09. The van der Waals surface area contributed by atoms with E-state index in [1.807, 2.05) is 4.90 Å². The number of carbonyl (C=O) groups is 1. The van der Waals surface area contributed by atoms with E-state index < -0.39 is 10.0 Å². The maximum Gasteiger partial charge on any atom is 0.253 e. The Bertz CT molecular complexity index is 1520. The van der Waals surface area contributed by atoms with E-state index in [1.165, 1.54) is 45.5 Å². The second-order valence-corrected chi connectivity index (χ2v) is 13.4. The van der Waals surface area contributed by atoms with Gasteiger partial charge in [0.1, 0.15) is 16.5 Å². The fourth-order valence-corrected chi connectivity index (χ4v) is 6.79. The first kappa shape index (κ1) is 30.4. The average Bonchev–Trinajstić information content (AvgIpc) is 3.03. The molecule has 3 heterocycles. The number of para-hydroxylation sites is 1. The number of piperidine rings is 2. The number of carbonyl (C=O) groups excluding carboxylic acids is 1. The normalized spacial score (nSPS) is 16.7. The first-order valence-corrected chi connectivity index (χ1v) is 16.7. The summed E-state index contributed by atoms with van der Waals surface area (Å²) in [5.74, 6) is 1.21. The Morgan fingerprint density at radius 1 is 1.00 bits per heavy atom. The minimum absolute atomic E-state index is 0.00383. The van der Waals surface area contributed by atoms with Crippen LogP contribution < -0.4 is 20.1 Å². The Balaban J connectivity index is 1.28. The van der Waals surface area contributed by atoms with Gasteiger partial charge in [0, 0.05) is 30.9 Å². The molecule has 0 aliphatic carbocycles. The highest BCUT2D eigenvalue weighted by atomic mass is 127. The number of nitrogens with one attached hydrogen (secondary N) is 3. The van der Waals surface area contributed by atoms with Crippen LogP contribution in [0.1, 0.15) is 42.5 Å². The van der Waals surface area contributed by atoms with Crippen LogP contribution in [0, 0.1) is 3.57 Å². The summed E-state index contributed by atoms with van der Waals surface area (Å²) in [6, 6.07) is 12.5. The molecule has 0 bridgehead atoms. The maximum atomic E-state index is 13.4. The molecule has 1 amide bonds. The van der Waals surface area contributed by atoms with Crippen LogP contribution >= 0.6 is 22.6 Å². The van der Waals surface area contributed by atoms with Gasteiger partial charge < -0.3 is 25.2 Å². The molecule has 3 N–H and O–H groups in total. The minimum Gasteiger partial charge on any atom is -0.495 e. The molecule has 0 radical (unpaired) electrons. The maximum absolute atomic E-state index is 13.4. The van der Waals surface area contributed by atoms with Gasteiger partial charge in [-0.25, -0.2) is 18.1 Å². The summed E-state index contributed by atoms with van der Waals surface area (Å²) in [5.41, 5.74) is 1.56. The van der Waals surface area contributed by atoms with Crippen molar-refractivity contribution in [1.82, 2.24) is 24.5 Å². The summed E-state index contributed by atoms with van der Waals surface area (Å²) in [4.78, 5) is 27.0. The third-order valence-corrected chi connectivity index (χ3v) is 10.1. The molecule has 0 unspecified atom stereocenters. The lowest BCUT2D eigenvalue weighted by Gasteiger charge is -2.40. The van der Waals surface area contributed by atoms with Crippen molar-refractivity contribution in [3.63, 3.8) is 0 Å². The number of likely N-dealkylation sites (tertiary alicyclic amines) is 2. The molecule has 5 rings (SSSR count). The Hall–Kier alpha value is -3.01. The van der Waals surface area contributed by atoms with Crippen LogP contribution in [0.5, 0.6) is 5.75 Å². The molecule has 2 aliphatic heterocycles. The second kappa shape index (κ2) is 13.5. The van der Waals surface area contributed by atoms with E-state index in [9.17, 15) is 13.2 Å². The number of methoxy groups -OCH3 is 1. The lowest BCUT2D eigenvalue weighted by Crippen LogP contribution is -2.48. The number of hydrogen-bond donors (Lipinski definition) is 3. The van der Waals surface area contributed by atoms with Crippen LogP contribution in [0.3, 0.4) is 0 Å². The first-order chi connectivity index (χ1) is 20.3. The molecule has 13 heteroatoms. The van der Waals surface area contributed by atoms with Crippen molar-refractivity contribution >= 4 is 61.7 Å². The van der Waals surface area contributed by atoms with Gasteiger partial charge in [0.2, 0.25) is 16.0 Å². The molecule has 2 aliphatic rings. The van der Waals surface area contributed by atoms with Gasteiger partial charge >= 0.3 is 0 Å². The van der Waals surface area contributed by atoms with Crippen molar-refractivity contribution in [2.45, 2.75) is 43.0 Å². The van der Waals surface area contributed by atoms with Gasteiger partial charge in [-0.15, -0.1) is 0 Å². The molecule has 0 atom stereocenters. The number of amides is 1. The monoisotopic (exact) mass is 705 g/mol. The van der Waals surface area contributed by atoms with E-state index in [2.05, 4.69) is 52.8 Å².